The lowest BCUT2D eigenvalue weighted by Crippen LogP contribution is -2.42. The number of halogens is 1. The molecule has 0 bridgehead atoms. The average molecular weight is 358 g/mol. The molecule has 0 heterocycles. The van der Waals surface area contributed by atoms with E-state index < -0.39 is 11.7 Å². The number of hydrogen-bond donors (Lipinski definition) is 0. The number of Topliss-reactive ketones (excluding diaryl/α,β-unsaturated/α-hetero) is 3. The number of thioether (sulfide) groups is 1. The summed E-state index contributed by atoms with van der Waals surface area (Å²) in [7, 11) is 0. The fourth-order valence-electron chi connectivity index (χ4n) is 3.01. The first kappa shape index (κ1) is 18.2. The largest absolute Gasteiger partial charge is 0.390 e. The summed E-state index contributed by atoms with van der Waals surface area (Å²) in [5, 5.41) is 3.85. The summed E-state index contributed by atoms with van der Waals surface area (Å²) in [4.78, 5) is 41.4. The van der Waals surface area contributed by atoms with E-state index in [2.05, 4.69) is 11.7 Å². The Balaban J connectivity index is 1.88. The summed E-state index contributed by atoms with van der Waals surface area (Å²) in [6.07, 6.45) is 5.91. The topological polar surface area (TPSA) is 72.8 Å². The summed E-state index contributed by atoms with van der Waals surface area (Å²) in [6, 6.07) is 0. The molecule has 7 heteroatoms. The molecular formula is C16H20ClNO4S. The predicted molar refractivity (Wildman–Crippen MR) is 90.8 cm³/mol. The van der Waals surface area contributed by atoms with Crippen LogP contribution < -0.4 is 0 Å². The minimum absolute atomic E-state index is 0.0476. The SMILES string of the molecule is C=C(Cl)CON=CCC(=O)C1C(=O)CC(C2(SC)CC2)CC1=O. The Labute approximate surface area is 144 Å². The quantitative estimate of drug-likeness (QED) is 0.379. The van der Waals surface area contributed by atoms with Crippen LogP contribution in [0.4, 0.5) is 0 Å². The lowest BCUT2D eigenvalue weighted by Gasteiger charge is -2.30. The molecule has 0 atom stereocenters. The lowest BCUT2D eigenvalue weighted by molar-refractivity contribution is -0.143. The van der Waals surface area contributed by atoms with E-state index in [1.54, 1.807) is 11.8 Å². The van der Waals surface area contributed by atoms with Gasteiger partial charge in [-0.05, 0) is 25.0 Å². The monoisotopic (exact) mass is 357 g/mol. The molecule has 2 rings (SSSR count). The maximum Gasteiger partial charge on any atom is 0.156 e. The molecule has 0 radical (unpaired) electrons. The first-order valence-electron chi connectivity index (χ1n) is 7.50. The van der Waals surface area contributed by atoms with E-state index in [1.807, 2.05) is 6.26 Å². The van der Waals surface area contributed by atoms with Gasteiger partial charge in [-0.3, -0.25) is 14.4 Å². The fraction of sp³-hybridized carbons (Fsp3) is 0.625. The molecule has 0 aromatic heterocycles. The third-order valence-electron chi connectivity index (χ3n) is 4.42. The van der Waals surface area contributed by atoms with E-state index in [0.717, 1.165) is 12.8 Å². The van der Waals surface area contributed by atoms with Gasteiger partial charge in [0, 0.05) is 24.0 Å². The first-order valence-corrected chi connectivity index (χ1v) is 9.10. The summed E-state index contributed by atoms with van der Waals surface area (Å²) in [6.45, 7) is 3.48. The molecule has 2 aliphatic carbocycles. The maximum atomic E-state index is 12.3. The van der Waals surface area contributed by atoms with Crippen molar-refractivity contribution in [2.45, 2.75) is 36.9 Å². The van der Waals surface area contributed by atoms with Gasteiger partial charge in [-0.2, -0.15) is 11.8 Å². The van der Waals surface area contributed by atoms with Gasteiger partial charge < -0.3 is 4.84 Å². The van der Waals surface area contributed by atoms with Crippen LogP contribution in [0, 0.1) is 11.8 Å². The molecule has 126 valence electrons. The minimum atomic E-state index is -1.13. The Morgan fingerprint density at radius 3 is 2.52 bits per heavy atom. The zero-order valence-corrected chi connectivity index (χ0v) is 14.6. The number of nitrogens with zero attached hydrogens (tertiary/aromatic N) is 1. The highest BCUT2D eigenvalue weighted by atomic mass is 35.5. The highest BCUT2D eigenvalue weighted by Gasteiger charge is 2.53. The van der Waals surface area contributed by atoms with Crippen LogP contribution in [-0.2, 0) is 19.2 Å². The minimum Gasteiger partial charge on any atom is -0.390 e. The summed E-state index contributed by atoms with van der Waals surface area (Å²) < 4.78 is 0.0819. The summed E-state index contributed by atoms with van der Waals surface area (Å²) in [5.74, 6) is -1.96. The van der Waals surface area contributed by atoms with Gasteiger partial charge in [-0.25, -0.2) is 0 Å². The Hall–Kier alpha value is -1.14. The van der Waals surface area contributed by atoms with Crippen molar-refractivity contribution in [2.24, 2.45) is 17.0 Å². The Kier molecular flexibility index (Phi) is 6.03. The standard InChI is InChI=1S/C16H20ClNO4S/c1-10(17)9-22-18-6-3-12(19)15-13(20)7-11(8-14(15)21)16(23-2)4-5-16/h6,11,15H,1,3-5,7-9H2,2H3. The Bertz CT molecular complexity index is 538. The van der Waals surface area contributed by atoms with Gasteiger partial charge in [0.05, 0.1) is 11.2 Å². The highest BCUT2D eigenvalue weighted by Crippen LogP contribution is 2.56. The van der Waals surface area contributed by atoms with Crippen LogP contribution in [-0.4, -0.2) is 41.2 Å². The number of oxime groups is 1. The van der Waals surface area contributed by atoms with Gasteiger partial charge in [0.15, 0.2) is 24.0 Å². The lowest BCUT2D eigenvalue weighted by atomic mass is 9.75. The zero-order valence-electron chi connectivity index (χ0n) is 13.0. The molecule has 0 unspecified atom stereocenters. The third-order valence-corrected chi connectivity index (χ3v) is 6.08. The van der Waals surface area contributed by atoms with Crippen molar-refractivity contribution in [1.82, 2.24) is 0 Å². The van der Waals surface area contributed by atoms with E-state index in [0.29, 0.717) is 17.9 Å². The fourth-order valence-corrected chi connectivity index (χ4v) is 4.07. The number of carbonyl (C=O) groups is 3. The van der Waals surface area contributed by atoms with Crippen molar-refractivity contribution in [2.75, 3.05) is 12.9 Å². The second-order valence-electron chi connectivity index (χ2n) is 5.99. The molecule has 5 nitrogen and oxygen atoms in total. The number of ketones is 3. The van der Waals surface area contributed by atoms with Crippen LogP contribution in [0.25, 0.3) is 0 Å². The van der Waals surface area contributed by atoms with Gasteiger partial charge >= 0.3 is 0 Å². The smallest absolute Gasteiger partial charge is 0.156 e. The molecule has 0 aromatic carbocycles. The maximum absolute atomic E-state index is 12.3. The molecular weight excluding hydrogens is 338 g/mol. The van der Waals surface area contributed by atoms with Crippen LogP contribution in [0.3, 0.4) is 0 Å². The van der Waals surface area contributed by atoms with Gasteiger partial charge in [0.2, 0.25) is 0 Å². The summed E-state index contributed by atoms with van der Waals surface area (Å²) in [5.41, 5.74) is 0. The van der Waals surface area contributed by atoms with Crippen LogP contribution >= 0.6 is 23.4 Å². The number of rotatable bonds is 8. The van der Waals surface area contributed by atoms with Crippen molar-refractivity contribution in [1.29, 1.82) is 0 Å². The van der Waals surface area contributed by atoms with Gasteiger partial charge in [-0.1, -0.05) is 23.3 Å². The van der Waals surface area contributed by atoms with Crippen molar-refractivity contribution in [3.8, 4) is 0 Å². The average Bonchev–Trinajstić information content (AvgIpc) is 3.27. The molecule has 2 aliphatic rings. The highest BCUT2D eigenvalue weighted by molar-refractivity contribution is 8.00. The molecule has 23 heavy (non-hydrogen) atoms. The van der Waals surface area contributed by atoms with Crippen molar-refractivity contribution >= 4 is 46.9 Å². The Morgan fingerprint density at radius 2 is 2.04 bits per heavy atom. The normalized spacial score (nSPS) is 26.3. The predicted octanol–water partition coefficient (Wildman–Crippen LogP) is 2.76. The molecule has 2 fully saturated rings. The third kappa shape index (κ3) is 4.44. The first-order chi connectivity index (χ1) is 10.9. The Morgan fingerprint density at radius 1 is 1.43 bits per heavy atom. The second-order valence-corrected chi connectivity index (χ2v) is 7.74. The van der Waals surface area contributed by atoms with Crippen LogP contribution in [0.1, 0.15) is 32.1 Å². The second kappa shape index (κ2) is 7.62. The van der Waals surface area contributed by atoms with E-state index in [9.17, 15) is 14.4 Å². The zero-order chi connectivity index (χ0) is 17.0. The van der Waals surface area contributed by atoms with Gasteiger partial charge in [-0.15, -0.1) is 0 Å². The molecule has 0 amide bonds. The van der Waals surface area contributed by atoms with Crippen molar-refractivity contribution < 1.29 is 19.2 Å². The van der Waals surface area contributed by atoms with E-state index in [4.69, 9.17) is 16.4 Å². The van der Waals surface area contributed by atoms with E-state index >= 15 is 0 Å². The molecule has 0 aliphatic heterocycles. The van der Waals surface area contributed by atoms with Crippen LogP contribution in [0.5, 0.6) is 0 Å². The number of hydrogen-bond acceptors (Lipinski definition) is 6. The van der Waals surface area contributed by atoms with Crippen LogP contribution in [0.15, 0.2) is 16.8 Å². The van der Waals surface area contributed by atoms with E-state index in [-0.39, 0.29) is 35.3 Å². The van der Waals surface area contributed by atoms with Gasteiger partial charge in [0.25, 0.3) is 0 Å². The van der Waals surface area contributed by atoms with Crippen LogP contribution in [0.2, 0.25) is 0 Å². The summed E-state index contributed by atoms with van der Waals surface area (Å²) >= 11 is 7.23. The van der Waals surface area contributed by atoms with Crippen molar-refractivity contribution in [3.05, 3.63) is 11.6 Å². The molecule has 0 aromatic rings. The van der Waals surface area contributed by atoms with E-state index in [1.165, 1.54) is 6.21 Å². The van der Waals surface area contributed by atoms with Gasteiger partial charge in [0.1, 0.15) is 5.92 Å². The molecule has 0 spiro atoms. The van der Waals surface area contributed by atoms with Crippen molar-refractivity contribution in [3.63, 3.8) is 0 Å². The molecule has 0 N–H and O–H groups in total. The number of carbonyl (C=O) groups excluding carboxylic acids is 3. The molecule has 0 saturated heterocycles. The molecule has 2 saturated carbocycles.